The summed E-state index contributed by atoms with van der Waals surface area (Å²) in [5.74, 6) is -2.57. The predicted molar refractivity (Wildman–Crippen MR) is 150 cm³/mol. The van der Waals surface area contributed by atoms with Gasteiger partial charge in [0.1, 0.15) is 17.8 Å². The maximum absolute atomic E-state index is 13.4. The van der Waals surface area contributed by atoms with Gasteiger partial charge in [0.2, 0.25) is 17.7 Å². The van der Waals surface area contributed by atoms with Crippen LogP contribution < -0.4 is 10.6 Å². The van der Waals surface area contributed by atoms with Crippen LogP contribution in [0.1, 0.15) is 53.0 Å². The van der Waals surface area contributed by atoms with Crippen molar-refractivity contribution in [1.29, 1.82) is 0 Å². The summed E-state index contributed by atoms with van der Waals surface area (Å²) in [5.41, 5.74) is 1.63. The summed E-state index contributed by atoms with van der Waals surface area (Å²) in [6.45, 7) is 8.29. The van der Waals surface area contributed by atoms with E-state index in [9.17, 15) is 29.4 Å². The van der Waals surface area contributed by atoms with Gasteiger partial charge in [-0.05, 0) is 73.2 Å². The fourth-order valence-corrected chi connectivity index (χ4v) is 5.11. The molecule has 0 saturated heterocycles. The maximum Gasteiger partial charge on any atom is 0.331 e. The molecule has 0 saturated carbocycles. The Bertz CT molecular complexity index is 1090. The number of phenolic OH excluding ortho intramolecular Hbond substituents is 1. The quantitative estimate of drug-likeness (QED) is 0.304. The number of esters is 1. The molecule has 1 aromatic rings. The molecule has 216 valence electrons. The number of phenols is 1. The largest absolute Gasteiger partial charge is 0.507 e. The Labute approximate surface area is 238 Å². The maximum atomic E-state index is 13.4. The average Bonchev–Trinajstić information content (AvgIpc) is 2.85. The Morgan fingerprint density at radius 1 is 1.08 bits per heavy atom. The van der Waals surface area contributed by atoms with Gasteiger partial charge < -0.3 is 30.5 Å². The third kappa shape index (κ3) is 9.35. The molecule has 1 heterocycles. The van der Waals surface area contributed by atoms with Crippen LogP contribution in [-0.2, 0) is 30.3 Å². The molecular formula is C28H40BrN3O7. The summed E-state index contributed by atoms with van der Waals surface area (Å²) in [6.07, 6.45) is 2.58. The van der Waals surface area contributed by atoms with Gasteiger partial charge in [-0.2, -0.15) is 0 Å². The van der Waals surface area contributed by atoms with Gasteiger partial charge in [-0.25, -0.2) is 4.79 Å². The number of hydrogen-bond donors (Lipinski definition) is 4. The van der Waals surface area contributed by atoms with E-state index in [2.05, 4.69) is 26.6 Å². The van der Waals surface area contributed by atoms with Crippen molar-refractivity contribution in [3.63, 3.8) is 0 Å². The smallest absolute Gasteiger partial charge is 0.331 e. The third-order valence-electron chi connectivity index (χ3n) is 6.74. The molecule has 2 rings (SSSR count). The van der Waals surface area contributed by atoms with Crippen LogP contribution in [0.25, 0.3) is 0 Å². The van der Waals surface area contributed by atoms with Crippen molar-refractivity contribution in [3.05, 3.63) is 39.9 Å². The monoisotopic (exact) mass is 609 g/mol. The van der Waals surface area contributed by atoms with Crippen LogP contribution in [0.3, 0.4) is 0 Å². The molecule has 0 aromatic heterocycles. The first-order valence-corrected chi connectivity index (χ1v) is 13.9. The number of allylic oxidation sites excluding steroid dienone is 2. The van der Waals surface area contributed by atoms with Crippen LogP contribution in [0.2, 0.25) is 0 Å². The first kappa shape index (κ1) is 32.3. The van der Waals surface area contributed by atoms with Gasteiger partial charge in [0.25, 0.3) is 0 Å². The molecule has 1 aliphatic rings. The SMILES string of the molecule is C/C1=C\[C@H](C)C[C@H](C)OC(=O)[C@H](CO)NC(=O)[C@@H](Cc2ccc(O)c(Br)c2)N(C)C(=O)[C@H](C)NC(=O)[C@@H](C)C1. The van der Waals surface area contributed by atoms with Gasteiger partial charge in [-0.3, -0.25) is 14.4 Å². The number of aliphatic hydroxyl groups excluding tert-OH is 1. The number of hydrogen-bond acceptors (Lipinski definition) is 7. The number of rotatable bonds is 3. The number of benzene rings is 1. The van der Waals surface area contributed by atoms with Crippen LogP contribution in [0.4, 0.5) is 0 Å². The van der Waals surface area contributed by atoms with Gasteiger partial charge in [-0.15, -0.1) is 0 Å². The summed E-state index contributed by atoms with van der Waals surface area (Å²) < 4.78 is 5.93. The zero-order valence-corrected chi connectivity index (χ0v) is 24.9. The summed E-state index contributed by atoms with van der Waals surface area (Å²) in [6, 6.07) is 1.33. The molecule has 4 N–H and O–H groups in total. The molecule has 3 amide bonds. The zero-order valence-electron chi connectivity index (χ0n) is 23.4. The van der Waals surface area contributed by atoms with Crippen molar-refractivity contribution in [2.24, 2.45) is 11.8 Å². The van der Waals surface area contributed by atoms with E-state index in [0.717, 1.165) is 5.57 Å². The second kappa shape index (κ2) is 14.5. The van der Waals surface area contributed by atoms with E-state index in [1.54, 1.807) is 32.9 Å². The van der Waals surface area contributed by atoms with E-state index in [4.69, 9.17) is 4.74 Å². The second-order valence-electron chi connectivity index (χ2n) is 10.5. The Balaban J connectivity index is 2.44. The highest BCUT2D eigenvalue weighted by molar-refractivity contribution is 9.10. The molecule has 0 unspecified atom stereocenters. The third-order valence-corrected chi connectivity index (χ3v) is 7.37. The highest BCUT2D eigenvalue weighted by Gasteiger charge is 2.34. The standard InChI is InChI=1S/C28H40BrN3O7/c1-15-9-16(2)11-18(4)39-28(38)22(14-33)31-26(36)23(13-20-7-8-24(34)21(29)12-20)32(6)27(37)19(5)30-25(35)17(3)10-15/h7-9,12,16-19,22-23,33-34H,10-11,13-14H2,1-6H3,(H,30,35)(H,31,36)/b15-9+/t16-,17-,18-,19-,22-,23+/m0/s1. The summed E-state index contributed by atoms with van der Waals surface area (Å²) in [5, 5.41) is 25.0. The summed E-state index contributed by atoms with van der Waals surface area (Å²) in [4.78, 5) is 53.7. The van der Waals surface area contributed by atoms with Gasteiger partial charge in [-0.1, -0.05) is 31.6 Å². The van der Waals surface area contributed by atoms with Gasteiger partial charge in [0.15, 0.2) is 6.04 Å². The molecule has 0 fully saturated rings. The van der Waals surface area contributed by atoms with Gasteiger partial charge >= 0.3 is 5.97 Å². The van der Waals surface area contributed by atoms with Crippen molar-refractivity contribution >= 4 is 39.6 Å². The van der Waals surface area contributed by atoms with Crippen LogP contribution in [0.15, 0.2) is 34.3 Å². The number of cyclic esters (lactones) is 1. The molecule has 0 aliphatic carbocycles. The number of nitrogens with one attached hydrogen (secondary N) is 2. The minimum absolute atomic E-state index is 0.0133. The lowest BCUT2D eigenvalue weighted by Crippen LogP contribution is -2.57. The number of aromatic hydroxyl groups is 1. The van der Waals surface area contributed by atoms with E-state index in [1.165, 1.54) is 18.0 Å². The summed E-state index contributed by atoms with van der Waals surface area (Å²) in [7, 11) is 1.44. The minimum atomic E-state index is -1.33. The highest BCUT2D eigenvalue weighted by Crippen LogP contribution is 2.25. The van der Waals surface area contributed by atoms with E-state index < -0.39 is 48.6 Å². The van der Waals surface area contributed by atoms with Crippen LogP contribution in [0.5, 0.6) is 5.75 Å². The van der Waals surface area contributed by atoms with Crippen molar-refractivity contribution in [3.8, 4) is 5.75 Å². The molecule has 0 radical (unpaired) electrons. The fourth-order valence-electron chi connectivity index (χ4n) is 4.68. The van der Waals surface area contributed by atoms with Crippen LogP contribution in [-0.4, -0.2) is 76.7 Å². The molecule has 1 aliphatic heterocycles. The van der Waals surface area contributed by atoms with Crippen LogP contribution >= 0.6 is 15.9 Å². The van der Waals surface area contributed by atoms with E-state index in [1.807, 2.05) is 19.9 Å². The molecule has 11 heteroatoms. The Morgan fingerprint density at radius 3 is 2.36 bits per heavy atom. The van der Waals surface area contributed by atoms with Crippen LogP contribution in [0, 0.1) is 11.8 Å². The lowest BCUT2D eigenvalue weighted by molar-refractivity contribution is -0.154. The molecule has 0 spiro atoms. The fraction of sp³-hybridized carbons (Fsp3) is 0.571. The average molecular weight is 611 g/mol. The highest BCUT2D eigenvalue weighted by atomic mass is 79.9. The number of carbonyl (C=O) groups is 4. The second-order valence-corrected chi connectivity index (χ2v) is 11.4. The lowest BCUT2D eigenvalue weighted by atomic mass is 9.95. The number of likely N-dealkylation sites (N-methyl/N-ethyl adjacent to an activating group) is 1. The first-order valence-electron chi connectivity index (χ1n) is 13.1. The number of amides is 3. The minimum Gasteiger partial charge on any atom is -0.507 e. The molecule has 39 heavy (non-hydrogen) atoms. The van der Waals surface area contributed by atoms with E-state index in [0.29, 0.717) is 22.9 Å². The summed E-state index contributed by atoms with van der Waals surface area (Å²) >= 11 is 3.25. The number of aliphatic hydroxyl groups is 1. The number of nitrogens with zero attached hydrogens (tertiary/aromatic N) is 1. The molecular weight excluding hydrogens is 570 g/mol. The first-order chi connectivity index (χ1) is 18.2. The molecule has 6 atom stereocenters. The molecule has 10 nitrogen and oxygen atoms in total. The van der Waals surface area contributed by atoms with Gasteiger partial charge in [0.05, 0.1) is 17.2 Å². The lowest BCUT2D eigenvalue weighted by Gasteiger charge is -2.31. The Kier molecular flexibility index (Phi) is 12.0. The zero-order chi connectivity index (χ0) is 29.4. The van der Waals surface area contributed by atoms with Crippen molar-refractivity contribution in [1.82, 2.24) is 15.5 Å². The number of halogens is 1. The molecule has 0 bridgehead atoms. The Morgan fingerprint density at radius 2 is 1.74 bits per heavy atom. The van der Waals surface area contributed by atoms with E-state index in [-0.39, 0.29) is 29.9 Å². The van der Waals surface area contributed by atoms with Crippen molar-refractivity contribution in [2.75, 3.05) is 13.7 Å². The number of carbonyl (C=O) groups excluding carboxylic acids is 4. The predicted octanol–water partition coefficient (Wildman–Crippen LogP) is 2.45. The van der Waals surface area contributed by atoms with E-state index >= 15 is 0 Å². The van der Waals surface area contributed by atoms with Gasteiger partial charge in [0, 0.05) is 19.4 Å². The number of ether oxygens (including phenoxy) is 1. The van der Waals surface area contributed by atoms with Crippen molar-refractivity contribution in [2.45, 2.75) is 78.1 Å². The normalized spacial score (nSPS) is 29.8. The molecule has 1 aromatic carbocycles. The Hall–Kier alpha value is -2.92. The van der Waals surface area contributed by atoms with Crippen molar-refractivity contribution < 1.29 is 34.1 Å². The topological polar surface area (TPSA) is 145 Å².